The van der Waals surface area contributed by atoms with E-state index in [1.54, 1.807) is 0 Å². The molecule has 0 spiro atoms. The van der Waals surface area contributed by atoms with Gasteiger partial charge in [0.15, 0.2) is 0 Å². The van der Waals surface area contributed by atoms with Crippen molar-refractivity contribution in [1.29, 1.82) is 0 Å². The van der Waals surface area contributed by atoms with Gasteiger partial charge in [-0.25, -0.2) is 0 Å². The van der Waals surface area contributed by atoms with Crippen LogP contribution in [0.1, 0.15) is 16.8 Å². The average Bonchev–Trinajstić information content (AvgIpc) is 2.42. The van der Waals surface area contributed by atoms with Crippen LogP contribution in [0.15, 0.2) is 24.3 Å². The van der Waals surface area contributed by atoms with Gasteiger partial charge in [-0.2, -0.15) is 8.78 Å². The summed E-state index contributed by atoms with van der Waals surface area (Å²) in [6.07, 6.45) is 0.686. The SMILES string of the molecule is O=C(NCCCOCCBr)c1cccc(OC(F)F)c1. The Morgan fingerprint density at radius 3 is 2.85 bits per heavy atom. The van der Waals surface area contributed by atoms with Crippen molar-refractivity contribution in [2.75, 3.05) is 25.1 Å². The van der Waals surface area contributed by atoms with Gasteiger partial charge in [-0.05, 0) is 24.6 Å². The Morgan fingerprint density at radius 1 is 1.35 bits per heavy atom. The molecule has 7 heteroatoms. The van der Waals surface area contributed by atoms with Crippen LogP contribution in [0.4, 0.5) is 8.78 Å². The monoisotopic (exact) mass is 351 g/mol. The molecule has 4 nitrogen and oxygen atoms in total. The molecule has 1 rings (SSSR count). The van der Waals surface area contributed by atoms with Crippen LogP contribution in [0.25, 0.3) is 0 Å². The van der Waals surface area contributed by atoms with Gasteiger partial charge >= 0.3 is 6.61 Å². The molecule has 1 aromatic carbocycles. The van der Waals surface area contributed by atoms with Crippen molar-refractivity contribution in [3.63, 3.8) is 0 Å². The highest BCUT2D eigenvalue weighted by molar-refractivity contribution is 9.09. The van der Waals surface area contributed by atoms with E-state index in [4.69, 9.17) is 4.74 Å². The van der Waals surface area contributed by atoms with E-state index >= 15 is 0 Å². The molecule has 1 aromatic rings. The number of carbonyl (C=O) groups excluding carboxylic acids is 1. The normalized spacial score (nSPS) is 10.6. The number of benzene rings is 1. The molecule has 20 heavy (non-hydrogen) atoms. The summed E-state index contributed by atoms with van der Waals surface area (Å²) < 4.78 is 33.6. The molecule has 0 unspecified atom stereocenters. The van der Waals surface area contributed by atoms with Crippen LogP contribution < -0.4 is 10.1 Å². The molecule has 0 aliphatic carbocycles. The molecule has 0 aliphatic rings. The predicted octanol–water partition coefficient (Wildman–Crippen LogP) is 2.82. The van der Waals surface area contributed by atoms with Gasteiger partial charge in [-0.1, -0.05) is 22.0 Å². The lowest BCUT2D eigenvalue weighted by molar-refractivity contribution is -0.0498. The Morgan fingerprint density at radius 2 is 2.15 bits per heavy atom. The minimum Gasteiger partial charge on any atom is -0.435 e. The molecule has 0 heterocycles. The van der Waals surface area contributed by atoms with Crippen molar-refractivity contribution >= 4 is 21.8 Å². The maximum absolute atomic E-state index is 12.1. The summed E-state index contributed by atoms with van der Waals surface area (Å²) in [6, 6.07) is 5.68. The van der Waals surface area contributed by atoms with E-state index in [1.807, 2.05) is 0 Å². The first kappa shape index (κ1) is 16.8. The van der Waals surface area contributed by atoms with Crippen LogP contribution in [0.2, 0.25) is 0 Å². The second-order valence-electron chi connectivity index (χ2n) is 3.82. The lowest BCUT2D eigenvalue weighted by Crippen LogP contribution is -2.25. The summed E-state index contributed by atoms with van der Waals surface area (Å²) in [5.41, 5.74) is 0.282. The molecule has 0 saturated heterocycles. The lowest BCUT2D eigenvalue weighted by Gasteiger charge is -2.08. The summed E-state index contributed by atoms with van der Waals surface area (Å²) in [5.74, 6) is -0.362. The van der Waals surface area contributed by atoms with E-state index in [1.165, 1.54) is 24.3 Å². The van der Waals surface area contributed by atoms with E-state index in [0.717, 1.165) is 5.33 Å². The van der Waals surface area contributed by atoms with E-state index in [0.29, 0.717) is 26.2 Å². The van der Waals surface area contributed by atoms with Gasteiger partial charge in [0.1, 0.15) is 5.75 Å². The second kappa shape index (κ2) is 9.66. The first-order chi connectivity index (χ1) is 9.63. The topological polar surface area (TPSA) is 47.6 Å². The van der Waals surface area contributed by atoms with Crippen molar-refractivity contribution < 1.29 is 23.0 Å². The van der Waals surface area contributed by atoms with Crippen LogP contribution in [0.5, 0.6) is 5.75 Å². The Balaban J connectivity index is 2.35. The number of hydrogen-bond donors (Lipinski definition) is 1. The maximum atomic E-state index is 12.1. The Bertz CT molecular complexity index is 418. The van der Waals surface area contributed by atoms with Crippen molar-refractivity contribution in [3.05, 3.63) is 29.8 Å². The fourth-order valence-electron chi connectivity index (χ4n) is 1.45. The summed E-state index contributed by atoms with van der Waals surface area (Å²) in [4.78, 5) is 11.8. The number of carbonyl (C=O) groups is 1. The van der Waals surface area contributed by atoms with Crippen LogP contribution in [0.3, 0.4) is 0 Å². The maximum Gasteiger partial charge on any atom is 0.387 e. The number of halogens is 3. The first-order valence-corrected chi connectivity index (χ1v) is 7.22. The Kier molecular flexibility index (Phi) is 8.13. The number of hydrogen-bond acceptors (Lipinski definition) is 3. The van der Waals surface area contributed by atoms with Crippen molar-refractivity contribution in [3.8, 4) is 5.75 Å². The zero-order valence-electron chi connectivity index (χ0n) is 10.8. The van der Waals surface area contributed by atoms with Gasteiger partial charge in [-0.3, -0.25) is 4.79 Å². The number of ether oxygens (including phenoxy) is 2. The average molecular weight is 352 g/mol. The number of nitrogens with one attached hydrogen (secondary N) is 1. The fourth-order valence-corrected chi connectivity index (χ4v) is 1.68. The largest absolute Gasteiger partial charge is 0.435 e. The molecule has 0 radical (unpaired) electrons. The number of alkyl halides is 3. The highest BCUT2D eigenvalue weighted by atomic mass is 79.9. The molecule has 1 N–H and O–H groups in total. The van der Waals surface area contributed by atoms with Gasteiger partial charge in [0.25, 0.3) is 5.91 Å². The van der Waals surface area contributed by atoms with Gasteiger partial charge < -0.3 is 14.8 Å². The molecular formula is C13H16BrF2NO3. The van der Waals surface area contributed by atoms with Crippen LogP contribution >= 0.6 is 15.9 Å². The lowest BCUT2D eigenvalue weighted by atomic mass is 10.2. The van der Waals surface area contributed by atoms with Crippen molar-refractivity contribution in [1.82, 2.24) is 5.32 Å². The standard InChI is InChI=1S/C13H16BrF2NO3/c14-5-8-19-7-2-6-17-12(18)10-3-1-4-11(9-10)20-13(15)16/h1,3-4,9,13H,2,5-8H2,(H,17,18). The van der Waals surface area contributed by atoms with Gasteiger partial charge in [0.05, 0.1) is 6.61 Å². The summed E-state index contributed by atoms with van der Waals surface area (Å²) in [6.45, 7) is -1.26. The molecule has 1 amide bonds. The zero-order valence-corrected chi connectivity index (χ0v) is 12.4. The zero-order chi connectivity index (χ0) is 14.8. The smallest absolute Gasteiger partial charge is 0.387 e. The third-order valence-corrected chi connectivity index (χ3v) is 2.62. The second-order valence-corrected chi connectivity index (χ2v) is 4.61. The third-order valence-electron chi connectivity index (χ3n) is 2.29. The summed E-state index contributed by atoms with van der Waals surface area (Å²) >= 11 is 3.24. The molecular weight excluding hydrogens is 336 g/mol. The van der Waals surface area contributed by atoms with Gasteiger partial charge in [0.2, 0.25) is 0 Å². The van der Waals surface area contributed by atoms with Crippen molar-refractivity contribution in [2.24, 2.45) is 0 Å². The highest BCUT2D eigenvalue weighted by Gasteiger charge is 2.08. The number of amides is 1. The highest BCUT2D eigenvalue weighted by Crippen LogP contribution is 2.15. The first-order valence-electron chi connectivity index (χ1n) is 6.10. The summed E-state index contributed by atoms with van der Waals surface area (Å²) in [5, 5.41) is 3.46. The molecule has 0 fully saturated rings. The molecule has 112 valence electrons. The Labute approximate surface area is 124 Å². The third kappa shape index (κ3) is 6.81. The molecule has 0 bridgehead atoms. The van der Waals surface area contributed by atoms with E-state index in [-0.39, 0.29) is 17.2 Å². The van der Waals surface area contributed by atoms with Gasteiger partial charge in [-0.15, -0.1) is 0 Å². The van der Waals surface area contributed by atoms with Crippen LogP contribution in [0, 0.1) is 0 Å². The van der Waals surface area contributed by atoms with Gasteiger partial charge in [0, 0.05) is 24.0 Å². The molecule has 0 saturated carbocycles. The molecule has 0 aromatic heterocycles. The summed E-state index contributed by atoms with van der Waals surface area (Å²) in [7, 11) is 0. The van der Waals surface area contributed by atoms with E-state index < -0.39 is 6.61 Å². The predicted molar refractivity (Wildman–Crippen MR) is 74.6 cm³/mol. The minimum atomic E-state index is -2.90. The van der Waals surface area contributed by atoms with Crippen LogP contribution in [-0.4, -0.2) is 37.6 Å². The number of rotatable bonds is 9. The molecule has 0 aliphatic heterocycles. The van der Waals surface area contributed by atoms with Crippen molar-refractivity contribution in [2.45, 2.75) is 13.0 Å². The van der Waals surface area contributed by atoms with E-state index in [9.17, 15) is 13.6 Å². The molecule has 0 atom stereocenters. The minimum absolute atomic E-state index is 0.0340. The Hall–Kier alpha value is -1.21. The van der Waals surface area contributed by atoms with E-state index in [2.05, 4.69) is 26.0 Å². The fraction of sp³-hybridized carbons (Fsp3) is 0.462. The van der Waals surface area contributed by atoms with Crippen LogP contribution in [-0.2, 0) is 4.74 Å². The quantitative estimate of drug-likeness (QED) is 0.549.